The van der Waals surface area contributed by atoms with Crippen molar-refractivity contribution >= 4 is 65.4 Å². The number of fused-ring (bicyclic) bond motifs is 4. The van der Waals surface area contributed by atoms with E-state index in [-0.39, 0.29) is 0 Å². The Hall–Kier alpha value is -3.54. The van der Waals surface area contributed by atoms with Crippen molar-refractivity contribution in [3.63, 3.8) is 0 Å². The Balaban J connectivity index is 1.65. The summed E-state index contributed by atoms with van der Waals surface area (Å²) in [4.78, 5) is 3.35. The summed E-state index contributed by atoms with van der Waals surface area (Å²) in [7, 11) is 0. The third kappa shape index (κ3) is 3.80. The lowest BCUT2D eigenvalue weighted by atomic mass is 9.95. The van der Waals surface area contributed by atoms with E-state index in [1.54, 1.807) is 0 Å². The number of anilines is 2. The molecule has 1 heterocycles. The minimum Gasteiger partial charge on any atom is -0.360 e. The van der Waals surface area contributed by atoms with Gasteiger partial charge in [0.05, 0.1) is 0 Å². The number of nitrogens with one attached hydrogen (secondary N) is 3. The molecule has 0 atom stereocenters. The van der Waals surface area contributed by atoms with Gasteiger partial charge in [-0.15, -0.1) is 0 Å². The molecule has 0 saturated heterocycles. The van der Waals surface area contributed by atoms with Crippen LogP contribution >= 0.6 is 15.9 Å². The first kappa shape index (κ1) is 21.3. The highest BCUT2D eigenvalue weighted by atomic mass is 79.9. The highest BCUT2D eigenvalue weighted by Crippen LogP contribution is 2.39. The first-order chi connectivity index (χ1) is 16.0. The molecule has 4 aromatic carbocycles. The van der Waals surface area contributed by atoms with Gasteiger partial charge >= 0.3 is 0 Å². The van der Waals surface area contributed by atoms with Crippen LogP contribution in [0.15, 0.2) is 90.2 Å². The summed E-state index contributed by atoms with van der Waals surface area (Å²) in [6.07, 6.45) is 2.01. The first-order valence-electron chi connectivity index (χ1n) is 10.8. The van der Waals surface area contributed by atoms with Crippen LogP contribution in [0.5, 0.6) is 0 Å². The molecule has 0 bridgehead atoms. The molecular weight excluding hydrogens is 472 g/mol. The molecule has 1 aromatic heterocycles. The molecule has 0 unspecified atom stereocenters. The van der Waals surface area contributed by atoms with Crippen LogP contribution in [0.3, 0.4) is 0 Å². The van der Waals surface area contributed by atoms with E-state index in [4.69, 9.17) is 5.73 Å². The van der Waals surface area contributed by atoms with Crippen LogP contribution in [0, 0.1) is 6.92 Å². The number of rotatable bonds is 6. The van der Waals surface area contributed by atoms with Crippen molar-refractivity contribution in [3.8, 4) is 0 Å². The summed E-state index contributed by atoms with van der Waals surface area (Å²) in [6.45, 7) is 10.9. The van der Waals surface area contributed by atoms with Crippen LogP contribution in [0.4, 0.5) is 11.4 Å². The standard InChI is InChI=1S/C28H25BrN4/c1-16(14-30)32-20-9-10-22-21-6-4-5-7-23(21)28(17(2)24(22)13-20)33-18(3)26-15-31-27-11-8-19(29)12-25(26)27/h4-13,15,31-33H,1,3,14,30H2,2H3. The van der Waals surface area contributed by atoms with Gasteiger partial charge in [0.15, 0.2) is 0 Å². The Morgan fingerprint density at radius 1 is 0.909 bits per heavy atom. The van der Waals surface area contributed by atoms with Crippen LogP contribution in [-0.2, 0) is 0 Å². The van der Waals surface area contributed by atoms with E-state index in [1.165, 1.54) is 16.2 Å². The van der Waals surface area contributed by atoms with Gasteiger partial charge in [0.1, 0.15) is 0 Å². The van der Waals surface area contributed by atoms with E-state index in [1.807, 2.05) is 12.3 Å². The number of aryl methyl sites for hydroxylation is 1. The van der Waals surface area contributed by atoms with Crippen molar-refractivity contribution in [2.45, 2.75) is 6.92 Å². The van der Waals surface area contributed by atoms with Crippen LogP contribution in [0.2, 0.25) is 0 Å². The molecule has 5 rings (SSSR count). The number of aromatic amines is 1. The van der Waals surface area contributed by atoms with Crippen LogP contribution in [-0.4, -0.2) is 11.5 Å². The van der Waals surface area contributed by atoms with Gasteiger partial charge in [-0.25, -0.2) is 0 Å². The van der Waals surface area contributed by atoms with Crippen molar-refractivity contribution in [1.82, 2.24) is 4.98 Å². The second kappa shape index (κ2) is 8.43. The molecule has 0 spiro atoms. The van der Waals surface area contributed by atoms with Gasteiger partial charge in [-0.2, -0.15) is 0 Å². The maximum absolute atomic E-state index is 5.72. The number of benzene rings is 4. The Kier molecular flexibility index (Phi) is 5.44. The van der Waals surface area contributed by atoms with Gasteiger partial charge in [-0.3, -0.25) is 0 Å². The van der Waals surface area contributed by atoms with Crippen molar-refractivity contribution in [2.75, 3.05) is 17.2 Å². The fourth-order valence-corrected chi connectivity index (χ4v) is 4.78. The largest absolute Gasteiger partial charge is 0.360 e. The molecule has 0 aliphatic heterocycles. The third-order valence-electron chi connectivity index (χ3n) is 6.10. The average molecular weight is 497 g/mol. The van der Waals surface area contributed by atoms with E-state index in [9.17, 15) is 0 Å². The van der Waals surface area contributed by atoms with E-state index in [0.717, 1.165) is 54.7 Å². The number of halogens is 1. The van der Waals surface area contributed by atoms with Crippen LogP contribution < -0.4 is 16.4 Å². The fraction of sp³-hybridized carbons (Fsp3) is 0.0714. The summed E-state index contributed by atoms with van der Waals surface area (Å²) >= 11 is 3.58. The first-order valence-corrected chi connectivity index (χ1v) is 11.6. The van der Waals surface area contributed by atoms with Gasteiger partial charge in [0, 0.05) is 61.8 Å². The number of hydrogen-bond donors (Lipinski definition) is 4. The molecule has 4 nitrogen and oxygen atoms in total. The lowest BCUT2D eigenvalue weighted by Gasteiger charge is -2.19. The predicted octanol–water partition coefficient (Wildman–Crippen LogP) is 7.51. The highest BCUT2D eigenvalue weighted by Gasteiger charge is 2.15. The van der Waals surface area contributed by atoms with Crippen molar-refractivity contribution < 1.29 is 0 Å². The summed E-state index contributed by atoms with van der Waals surface area (Å²) in [5.41, 5.74) is 12.7. The van der Waals surface area contributed by atoms with Gasteiger partial charge in [0.2, 0.25) is 0 Å². The fourth-order valence-electron chi connectivity index (χ4n) is 4.42. The molecule has 5 aromatic rings. The highest BCUT2D eigenvalue weighted by molar-refractivity contribution is 9.10. The molecule has 164 valence electrons. The summed E-state index contributed by atoms with van der Waals surface area (Å²) in [6, 6.07) is 21.1. The minimum atomic E-state index is 0.391. The summed E-state index contributed by atoms with van der Waals surface area (Å²) in [5.74, 6) is 0. The molecule has 0 saturated carbocycles. The Morgan fingerprint density at radius 3 is 2.45 bits per heavy atom. The third-order valence-corrected chi connectivity index (χ3v) is 6.59. The molecular formula is C28H25BrN4. The average Bonchev–Trinajstić information content (AvgIpc) is 3.24. The predicted molar refractivity (Wildman–Crippen MR) is 147 cm³/mol. The molecule has 0 amide bonds. The van der Waals surface area contributed by atoms with Gasteiger partial charge < -0.3 is 21.4 Å². The van der Waals surface area contributed by atoms with Crippen molar-refractivity contribution in [1.29, 1.82) is 0 Å². The van der Waals surface area contributed by atoms with E-state index in [2.05, 4.69) is 106 Å². The lowest BCUT2D eigenvalue weighted by Crippen LogP contribution is -2.09. The number of nitrogens with two attached hydrogens (primary N) is 1. The lowest BCUT2D eigenvalue weighted by molar-refractivity contribution is 1.15. The van der Waals surface area contributed by atoms with Gasteiger partial charge in [0.25, 0.3) is 0 Å². The molecule has 0 aliphatic rings. The topological polar surface area (TPSA) is 65.9 Å². The van der Waals surface area contributed by atoms with E-state index in [0.29, 0.717) is 6.54 Å². The molecule has 0 aliphatic carbocycles. The number of hydrogen-bond acceptors (Lipinski definition) is 3. The second-order valence-corrected chi connectivity index (χ2v) is 9.15. The van der Waals surface area contributed by atoms with Crippen LogP contribution in [0.25, 0.3) is 38.1 Å². The normalized spacial score (nSPS) is 11.2. The van der Waals surface area contributed by atoms with Gasteiger partial charge in [-0.05, 0) is 59.0 Å². The SMILES string of the molecule is C=C(CN)Nc1ccc2c(c1)c(C)c(NC(=C)c1c[nH]c3ccc(Br)cc13)c1ccccc12. The monoisotopic (exact) mass is 496 g/mol. The zero-order valence-corrected chi connectivity index (χ0v) is 20.0. The molecule has 5 N–H and O–H groups in total. The molecule has 0 fully saturated rings. The van der Waals surface area contributed by atoms with Crippen LogP contribution in [0.1, 0.15) is 11.1 Å². The zero-order chi connectivity index (χ0) is 23.1. The quantitative estimate of drug-likeness (QED) is 0.184. The molecule has 33 heavy (non-hydrogen) atoms. The molecule has 5 heteroatoms. The maximum atomic E-state index is 5.72. The summed E-state index contributed by atoms with van der Waals surface area (Å²) in [5, 5.41) is 12.8. The maximum Gasteiger partial charge on any atom is 0.0500 e. The van der Waals surface area contributed by atoms with E-state index >= 15 is 0 Å². The second-order valence-electron chi connectivity index (χ2n) is 8.23. The van der Waals surface area contributed by atoms with Crippen molar-refractivity contribution in [2.24, 2.45) is 5.73 Å². The number of aromatic nitrogens is 1. The summed E-state index contributed by atoms with van der Waals surface area (Å²) < 4.78 is 1.04. The van der Waals surface area contributed by atoms with Crippen molar-refractivity contribution in [3.05, 3.63) is 101 Å². The Bertz CT molecular complexity index is 1560. The van der Waals surface area contributed by atoms with E-state index < -0.39 is 0 Å². The Morgan fingerprint density at radius 2 is 1.67 bits per heavy atom. The minimum absolute atomic E-state index is 0.391. The van der Waals surface area contributed by atoms with Gasteiger partial charge in [-0.1, -0.05) is 59.4 Å². The zero-order valence-electron chi connectivity index (χ0n) is 18.4. The Labute approximate surface area is 201 Å². The smallest absolute Gasteiger partial charge is 0.0500 e. The number of H-pyrrole nitrogens is 1. The molecule has 0 radical (unpaired) electrons.